The molecule has 0 N–H and O–H groups in total. The van der Waals surface area contributed by atoms with Gasteiger partial charge in [-0.25, -0.2) is 4.39 Å². The zero-order valence-corrected chi connectivity index (χ0v) is 11.0. The minimum Gasteiger partial charge on any atom is -0.207 e. The lowest BCUT2D eigenvalue weighted by Gasteiger charge is -2.08. The van der Waals surface area contributed by atoms with Crippen molar-refractivity contribution in [3.8, 4) is 0 Å². The van der Waals surface area contributed by atoms with E-state index in [1.54, 1.807) is 6.07 Å². The van der Waals surface area contributed by atoms with E-state index in [4.69, 9.17) is 0 Å². The molecule has 0 atom stereocenters. The summed E-state index contributed by atoms with van der Waals surface area (Å²) in [5, 5.41) is 0. The van der Waals surface area contributed by atoms with Crippen LogP contribution in [0.15, 0.2) is 36.4 Å². The van der Waals surface area contributed by atoms with Crippen molar-refractivity contribution in [1.82, 2.24) is 0 Å². The summed E-state index contributed by atoms with van der Waals surface area (Å²) in [5.74, 6) is -0.0881. The van der Waals surface area contributed by atoms with E-state index in [2.05, 4.69) is 18.2 Å². The van der Waals surface area contributed by atoms with Gasteiger partial charge >= 0.3 is 0 Å². The van der Waals surface area contributed by atoms with Crippen LogP contribution in [-0.4, -0.2) is 0 Å². The molecule has 0 saturated carbocycles. The fourth-order valence-electron chi connectivity index (χ4n) is 1.84. The molecule has 0 amide bonds. The topological polar surface area (TPSA) is 0 Å². The molecule has 17 heavy (non-hydrogen) atoms. The normalized spacial score (nSPS) is 13.8. The summed E-state index contributed by atoms with van der Waals surface area (Å²) in [6, 6.07) is 5.53. The van der Waals surface area contributed by atoms with Gasteiger partial charge in [0.05, 0.1) is 0 Å². The van der Waals surface area contributed by atoms with E-state index in [1.807, 2.05) is 32.9 Å². The number of hydrogen-bond donors (Lipinski definition) is 0. The first kappa shape index (κ1) is 13.7. The van der Waals surface area contributed by atoms with Crippen molar-refractivity contribution in [2.75, 3.05) is 0 Å². The van der Waals surface area contributed by atoms with Crippen LogP contribution in [0, 0.1) is 5.82 Å². The highest BCUT2D eigenvalue weighted by atomic mass is 19.1. The van der Waals surface area contributed by atoms with E-state index in [0.717, 1.165) is 36.0 Å². The van der Waals surface area contributed by atoms with Crippen molar-refractivity contribution in [2.24, 2.45) is 0 Å². The first-order valence-electron chi connectivity index (χ1n) is 6.46. The molecule has 1 aliphatic carbocycles. The zero-order valence-electron chi connectivity index (χ0n) is 11.0. The molecule has 0 unspecified atom stereocenters. The molecule has 92 valence electrons. The van der Waals surface area contributed by atoms with E-state index < -0.39 is 0 Å². The Morgan fingerprint density at radius 2 is 1.94 bits per heavy atom. The minimum atomic E-state index is -0.0881. The number of allylic oxidation sites excluding steroid dienone is 4. The smallest absolute Gasteiger partial charge is 0.127 e. The van der Waals surface area contributed by atoms with Crippen LogP contribution in [0.25, 0.3) is 5.57 Å². The Bertz CT molecular complexity index is 414. The summed E-state index contributed by atoms with van der Waals surface area (Å²) >= 11 is 0. The van der Waals surface area contributed by atoms with Gasteiger partial charge in [0.2, 0.25) is 0 Å². The first-order chi connectivity index (χ1) is 8.31. The van der Waals surface area contributed by atoms with Crippen LogP contribution < -0.4 is 0 Å². The summed E-state index contributed by atoms with van der Waals surface area (Å²) < 4.78 is 13.6. The van der Waals surface area contributed by atoms with E-state index in [1.165, 1.54) is 0 Å². The predicted octanol–water partition coefficient (Wildman–Crippen LogP) is 5.15. The Morgan fingerprint density at radius 3 is 2.47 bits per heavy atom. The highest BCUT2D eigenvalue weighted by Crippen LogP contribution is 2.23. The zero-order chi connectivity index (χ0) is 12.7. The van der Waals surface area contributed by atoms with Gasteiger partial charge in [-0.2, -0.15) is 0 Å². The van der Waals surface area contributed by atoms with Crippen molar-refractivity contribution in [2.45, 2.75) is 40.0 Å². The van der Waals surface area contributed by atoms with E-state index in [0.29, 0.717) is 0 Å². The van der Waals surface area contributed by atoms with Gasteiger partial charge in [0, 0.05) is 0 Å². The quantitative estimate of drug-likeness (QED) is 0.661. The fraction of sp³-hybridized carbons (Fsp3) is 0.375. The second-order valence-electron chi connectivity index (χ2n) is 3.80. The van der Waals surface area contributed by atoms with Crippen LogP contribution in [0.2, 0.25) is 0 Å². The van der Waals surface area contributed by atoms with Gasteiger partial charge in [-0.15, -0.1) is 0 Å². The third-order valence-electron chi connectivity index (χ3n) is 2.76. The SMILES string of the molecule is CC.CCc1ccc(C2=CCCC=C2)cc1F. The minimum absolute atomic E-state index is 0.0881. The Kier molecular flexibility index (Phi) is 5.68. The molecule has 1 aromatic rings. The highest BCUT2D eigenvalue weighted by Gasteiger charge is 2.05. The van der Waals surface area contributed by atoms with Crippen LogP contribution in [0.1, 0.15) is 44.7 Å². The standard InChI is InChI=1S/C14H15F.C2H6/c1-2-11-8-9-13(10-14(11)15)12-6-4-3-5-7-12;1-2/h4,6-10H,2-3,5H2,1H3;1-2H3. The predicted molar refractivity (Wildman–Crippen MR) is 73.5 cm³/mol. The summed E-state index contributed by atoms with van der Waals surface area (Å²) in [4.78, 5) is 0. The van der Waals surface area contributed by atoms with Crippen molar-refractivity contribution in [3.05, 3.63) is 53.4 Å². The molecule has 0 heterocycles. The summed E-state index contributed by atoms with van der Waals surface area (Å²) in [7, 11) is 0. The average Bonchev–Trinajstić information content (AvgIpc) is 2.42. The van der Waals surface area contributed by atoms with E-state index >= 15 is 0 Å². The first-order valence-corrected chi connectivity index (χ1v) is 6.46. The molecular formula is C16H21F. The largest absolute Gasteiger partial charge is 0.207 e. The Labute approximate surface area is 104 Å². The molecule has 2 rings (SSSR count). The van der Waals surface area contributed by atoms with E-state index in [-0.39, 0.29) is 5.82 Å². The van der Waals surface area contributed by atoms with Gasteiger partial charge in [-0.1, -0.05) is 51.1 Å². The second-order valence-corrected chi connectivity index (χ2v) is 3.80. The fourth-order valence-corrected chi connectivity index (χ4v) is 1.84. The van der Waals surface area contributed by atoms with Crippen molar-refractivity contribution in [3.63, 3.8) is 0 Å². The van der Waals surface area contributed by atoms with Crippen LogP contribution in [-0.2, 0) is 6.42 Å². The van der Waals surface area contributed by atoms with Gasteiger partial charge in [0.15, 0.2) is 0 Å². The number of benzene rings is 1. The van der Waals surface area contributed by atoms with Crippen molar-refractivity contribution >= 4 is 5.57 Å². The summed E-state index contributed by atoms with van der Waals surface area (Å²) in [5.41, 5.74) is 2.92. The van der Waals surface area contributed by atoms with Crippen molar-refractivity contribution in [1.29, 1.82) is 0 Å². The molecule has 0 saturated heterocycles. The molecule has 0 fully saturated rings. The van der Waals surface area contributed by atoms with Crippen LogP contribution in [0.5, 0.6) is 0 Å². The third-order valence-corrected chi connectivity index (χ3v) is 2.76. The third kappa shape index (κ3) is 3.55. The number of halogens is 1. The van der Waals surface area contributed by atoms with Crippen molar-refractivity contribution < 1.29 is 4.39 Å². The van der Waals surface area contributed by atoms with E-state index in [9.17, 15) is 4.39 Å². The van der Waals surface area contributed by atoms with Gasteiger partial charge in [0.1, 0.15) is 5.82 Å². The van der Waals surface area contributed by atoms with Crippen LogP contribution >= 0.6 is 0 Å². The molecule has 1 aliphatic rings. The van der Waals surface area contributed by atoms with Gasteiger partial charge in [-0.3, -0.25) is 0 Å². The summed E-state index contributed by atoms with van der Waals surface area (Å²) in [6.45, 7) is 5.97. The Balaban J connectivity index is 0.000000686. The maximum Gasteiger partial charge on any atom is 0.127 e. The maximum atomic E-state index is 13.6. The lowest BCUT2D eigenvalue weighted by Crippen LogP contribution is -1.91. The highest BCUT2D eigenvalue weighted by molar-refractivity contribution is 5.74. The maximum absolute atomic E-state index is 13.6. The molecule has 0 aromatic heterocycles. The molecule has 0 aliphatic heterocycles. The molecular weight excluding hydrogens is 211 g/mol. The number of rotatable bonds is 2. The lowest BCUT2D eigenvalue weighted by atomic mass is 9.98. The number of aryl methyl sites for hydroxylation is 1. The average molecular weight is 232 g/mol. The molecule has 0 spiro atoms. The molecule has 1 heteroatoms. The van der Waals surface area contributed by atoms with Gasteiger partial charge in [0.25, 0.3) is 0 Å². The van der Waals surface area contributed by atoms with Gasteiger partial charge < -0.3 is 0 Å². The van der Waals surface area contributed by atoms with Gasteiger partial charge in [-0.05, 0) is 42.0 Å². The summed E-state index contributed by atoms with van der Waals surface area (Å²) in [6.07, 6.45) is 9.29. The molecule has 0 radical (unpaired) electrons. The molecule has 0 bridgehead atoms. The Morgan fingerprint density at radius 1 is 1.18 bits per heavy atom. The van der Waals surface area contributed by atoms with Crippen LogP contribution in [0.3, 0.4) is 0 Å². The number of hydrogen-bond acceptors (Lipinski definition) is 0. The lowest BCUT2D eigenvalue weighted by molar-refractivity contribution is 0.612. The second kappa shape index (κ2) is 7.05. The monoisotopic (exact) mass is 232 g/mol. The van der Waals surface area contributed by atoms with Crippen LogP contribution in [0.4, 0.5) is 4.39 Å². The molecule has 0 nitrogen and oxygen atoms in total. The molecule has 1 aromatic carbocycles. The Hall–Kier alpha value is -1.37.